The van der Waals surface area contributed by atoms with Crippen molar-refractivity contribution in [3.8, 4) is 11.1 Å². The molecule has 2 N–H and O–H groups in total. The van der Waals surface area contributed by atoms with Crippen molar-refractivity contribution < 1.29 is 14.6 Å². The van der Waals surface area contributed by atoms with Gasteiger partial charge in [0.1, 0.15) is 0 Å². The van der Waals surface area contributed by atoms with Crippen molar-refractivity contribution in [2.75, 3.05) is 19.7 Å². The molecule has 0 spiro atoms. The number of ether oxygens (including phenoxy) is 1. The zero-order chi connectivity index (χ0) is 22.0. The molecule has 2 aliphatic rings. The highest BCUT2D eigenvalue weighted by Gasteiger charge is 2.49. The molecule has 1 saturated heterocycles. The molecule has 1 unspecified atom stereocenters. The Labute approximate surface area is 188 Å². The number of hydrogen-bond donors (Lipinski definition) is 2. The number of nitrogens with one attached hydrogen (secondary N) is 1. The molecule has 5 rings (SSSR count). The Hall–Kier alpha value is -3.02. The van der Waals surface area contributed by atoms with Gasteiger partial charge in [-0.25, -0.2) is 4.79 Å². The summed E-state index contributed by atoms with van der Waals surface area (Å²) < 4.78 is 5.85. The Morgan fingerprint density at radius 1 is 1.06 bits per heavy atom. The van der Waals surface area contributed by atoms with Crippen LogP contribution in [0, 0.1) is 5.92 Å². The topological polar surface area (TPSA) is 71.5 Å². The Balaban J connectivity index is 1.39. The number of piperidine rings is 1. The maximum absolute atomic E-state index is 13.4. The third-order valence-corrected chi connectivity index (χ3v) is 6.76. The second-order valence-electron chi connectivity index (χ2n) is 8.80. The number of esters is 1. The largest absolute Gasteiger partial charge is 0.462 e. The molecule has 0 saturated carbocycles. The van der Waals surface area contributed by atoms with Gasteiger partial charge in [0.15, 0.2) is 0 Å². The van der Waals surface area contributed by atoms with Gasteiger partial charge in [-0.05, 0) is 61.5 Å². The molecule has 32 heavy (non-hydrogen) atoms. The van der Waals surface area contributed by atoms with E-state index in [-0.39, 0.29) is 12.5 Å². The summed E-state index contributed by atoms with van der Waals surface area (Å²) in [4.78, 5) is 18.0. The number of rotatable bonds is 6. The minimum atomic E-state index is -1.80. The van der Waals surface area contributed by atoms with Crippen molar-refractivity contribution in [3.05, 3.63) is 89.7 Å². The first-order valence-electron chi connectivity index (χ1n) is 11.4. The summed E-state index contributed by atoms with van der Waals surface area (Å²) in [5, 5.41) is 15.1. The maximum atomic E-state index is 13.4. The van der Waals surface area contributed by atoms with E-state index in [0.717, 1.165) is 49.2 Å². The fourth-order valence-corrected chi connectivity index (χ4v) is 5.13. The van der Waals surface area contributed by atoms with E-state index in [4.69, 9.17) is 4.74 Å². The average molecular weight is 429 g/mol. The highest BCUT2D eigenvalue weighted by atomic mass is 16.5. The number of fused-ring (bicyclic) bond motifs is 3. The van der Waals surface area contributed by atoms with E-state index in [2.05, 4.69) is 10.3 Å². The first-order valence-corrected chi connectivity index (χ1v) is 11.4. The van der Waals surface area contributed by atoms with Gasteiger partial charge in [-0.1, -0.05) is 54.6 Å². The number of benzene rings is 2. The van der Waals surface area contributed by atoms with Gasteiger partial charge in [0.25, 0.3) is 0 Å². The van der Waals surface area contributed by atoms with Crippen molar-refractivity contribution in [2.24, 2.45) is 5.92 Å². The Kier molecular flexibility index (Phi) is 5.77. The van der Waals surface area contributed by atoms with E-state index in [1.807, 2.05) is 54.6 Å². The summed E-state index contributed by atoms with van der Waals surface area (Å²) in [5.41, 5.74) is 2.03. The van der Waals surface area contributed by atoms with Crippen molar-refractivity contribution >= 4 is 5.97 Å². The molecule has 0 radical (unpaired) electrons. The highest BCUT2D eigenvalue weighted by molar-refractivity contribution is 5.96. The van der Waals surface area contributed by atoms with Crippen LogP contribution in [0.1, 0.15) is 42.0 Å². The normalized spacial score (nSPS) is 19.6. The number of carbonyl (C=O) groups is 1. The van der Waals surface area contributed by atoms with Crippen LogP contribution in [0.3, 0.4) is 0 Å². The van der Waals surface area contributed by atoms with E-state index in [0.29, 0.717) is 17.0 Å². The average Bonchev–Trinajstić information content (AvgIpc) is 3.13. The number of hydrogen-bond acceptors (Lipinski definition) is 5. The molecule has 5 nitrogen and oxygen atoms in total. The summed E-state index contributed by atoms with van der Waals surface area (Å²) in [6.45, 7) is 2.23. The lowest BCUT2D eigenvalue weighted by Gasteiger charge is -2.28. The molecule has 2 heterocycles. The van der Waals surface area contributed by atoms with Gasteiger partial charge in [-0.2, -0.15) is 0 Å². The van der Waals surface area contributed by atoms with Crippen molar-refractivity contribution in [2.45, 2.75) is 30.8 Å². The van der Waals surface area contributed by atoms with Gasteiger partial charge in [-0.15, -0.1) is 0 Å². The minimum absolute atomic E-state index is 0.0134. The fraction of sp³-hybridized carbons (Fsp3) is 0.333. The van der Waals surface area contributed by atoms with Gasteiger partial charge < -0.3 is 15.2 Å². The van der Waals surface area contributed by atoms with Crippen LogP contribution < -0.4 is 5.32 Å². The molecule has 1 aromatic heterocycles. The van der Waals surface area contributed by atoms with Crippen LogP contribution >= 0.6 is 0 Å². The third kappa shape index (κ3) is 3.72. The van der Waals surface area contributed by atoms with Crippen LogP contribution in [-0.4, -0.2) is 35.8 Å². The summed E-state index contributed by atoms with van der Waals surface area (Å²) in [7, 11) is 0. The first kappa shape index (κ1) is 20.9. The molecule has 0 bridgehead atoms. The summed E-state index contributed by atoms with van der Waals surface area (Å²) in [6, 6.07) is 20.9. The lowest BCUT2D eigenvalue weighted by Crippen LogP contribution is -2.38. The van der Waals surface area contributed by atoms with E-state index < -0.39 is 11.6 Å². The second kappa shape index (κ2) is 8.85. The smallest absolute Gasteiger partial charge is 0.347 e. The molecule has 5 heteroatoms. The van der Waals surface area contributed by atoms with Gasteiger partial charge in [0.2, 0.25) is 5.60 Å². The zero-order valence-corrected chi connectivity index (χ0v) is 18.0. The number of pyridine rings is 1. The molecule has 1 fully saturated rings. The lowest BCUT2D eigenvalue weighted by atomic mass is 9.87. The SMILES string of the molecule is O=C(OCC(C[C@H]1CCCNC1)c1ccccn1)C1(O)c2ccccc2-c2ccccc21. The highest BCUT2D eigenvalue weighted by Crippen LogP contribution is 2.48. The van der Waals surface area contributed by atoms with Crippen LogP contribution in [0.4, 0.5) is 0 Å². The van der Waals surface area contributed by atoms with E-state index in [1.54, 1.807) is 18.3 Å². The Bertz CT molecular complexity index is 1050. The number of aliphatic hydroxyl groups is 1. The predicted molar refractivity (Wildman–Crippen MR) is 123 cm³/mol. The maximum Gasteiger partial charge on any atom is 0.347 e. The molecule has 2 atom stereocenters. The number of nitrogens with zero attached hydrogens (tertiary/aromatic N) is 1. The monoisotopic (exact) mass is 428 g/mol. The quantitative estimate of drug-likeness (QED) is 0.581. The summed E-state index contributed by atoms with van der Waals surface area (Å²) in [6.07, 6.45) is 4.99. The summed E-state index contributed by atoms with van der Waals surface area (Å²) >= 11 is 0. The van der Waals surface area contributed by atoms with Gasteiger partial charge in [0, 0.05) is 28.9 Å². The number of carbonyl (C=O) groups excluding carboxylic acids is 1. The number of aromatic nitrogens is 1. The molecule has 1 aliphatic heterocycles. The fourth-order valence-electron chi connectivity index (χ4n) is 5.13. The van der Waals surface area contributed by atoms with Crippen molar-refractivity contribution in [1.29, 1.82) is 0 Å². The van der Waals surface area contributed by atoms with Gasteiger partial charge in [0.05, 0.1) is 6.61 Å². The van der Waals surface area contributed by atoms with E-state index >= 15 is 0 Å². The minimum Gasteiger partial charge on any atom is -0.462 e. The Morgan fingerprint density at radius 2 is 1.75 bits per heavy atom. The molecule has 164 valence electrons. The standard InChI is InChI=1S/C27H28N2O3/c30-26(27(31)23-11-3-1-9-21(23)22-10-2-4-12-24(22)27)32-18-20(25-13-5-6-15-29-25)16-19-8-7-14-28-17-19/h1-6,9-13,15,19-20,28,31H,7-8,14,16-18H2/t19-,20?/m1/s1. The molecule has 3 aromatic rings. The van der Waals surface area contributed by atoms with Gasteiger partial charge >= 0.3 is 5.97 Å². The van der Waals surface area contributed by atoms with Gasteiger partial charge in [-0.3, -0.25) is 4.98 Å². The van der Waals surface area contributed by atoms with E-state index in [1.165, 1.54) is 0 Å². The molecule has 1 aliphatic carbocycles. The Morgan fingerprint density at radius 3 is 2.38 bits per heavy atom. The third-order valence-electron chi connectivity index (χ3n) is 6.76. The first-order chi connectivity index (χ1) is 15.7. The van der Waals surface area contributed by atoms with Crippen molar-refractivity contribution in [1.82, 2.24) is 10.3 Å². The van der Waals surface area contributed by atoms with Crippen LogP contribution in [0.2, 0.25) is 0 Å². The lowest BCUT2D eigenvalue weighted by molar-refractivity contribution is -0.162. The molecule has 0 amide bonds. The molecular weight excluding hydrogens is 400 g/mol. The summed E-state index contributed by atoms with van der Waals surface area (Å²) in [5.74, 6) is -0.122. The van der Waals surface area contributed by atoms with Crippen LogP contribution in [0.25, 0.3) is 11.1 Å². The van der Waals surface area contributed by atoms with Crippen LogP contribution in [0.15, 0.2) is 72.9 Å². The van der Waals surface area contributed by atoms with Crippen LogP contribution in [-0.2, 0) is 15.1 Å². The predicted octanol–water partition coefficient (Wildman–Crippen LogP) is 4.01. The molecule has 2 aromatic carbocycles. The second-order valence-corrected chi connectivity index (χ2v) is 8.80. The van der Waals surface area contributed by atoms with Crippen LogP contribution in [0.5, 0.6) is 0 Å². The van der Waals surface area contributed by atoms with Crippen molar-refractivity contribution in [3.63, 3.8) is 0 Å². The molecular formula is C27H28N2O3. The zero-order valence-electron chi connectivity index (χ0n) is 18.0. The van der Waals surface area contributed by atoms with E-state index in [9.17, 15) is 9.90 Å².